The van der Waals surface area contributed by atoms with Crippen LogP contribution in [0.4, 0.5) is 13.2 Å². The van der Waals surface area contributed by atoms with Gasteiger partial charge in [0.25, 0.3) is 5.91 Å². The Balaban J connectivity index is 1.69. The predicted octanol–water partition coefficient (Wildman–Crippen LogP) is 4.73. The van der Waals surface area contributed by atoms with Crippen LogP contribution in [0.1, 0.15) is 63.8 Å². The van der Waals surface area contributed by atoms with E-state index < -0.39 is 53.6 Å². The van der Waals surface area contributed by atoms with Gasteiger partial charge in [0.15, 0.2) is 11.5 Å². The molecule has 0 radical (unpaired) electrons. The summed E-state index contributed by atoms with van der Waals surface area (Å²) in [5.41, 5.74) is -1.94. The van der Waals surface area contributed by atoms with E-state index in [1.54, 1.807) is 0 Å². The Kier molecular flexibility index (Phi) is 8.50. The van der Waals surface area contributed by atoms with E-state index in [1.165, 1.54) is 31.0 Å². The summed E-state index contributed by atoms with van der Waals surface area (Å²) in [6, 6.07) is -0.747. The van der Waals surface area contributed by atoms with E-state index in [1.807, 2.05) is 0 Å². The number of carboxylic acid groups (broad SMARTS) is 1. The molecule has 1 fully saturated rings. The van der Waals surface area contributed by atoms with Crippen molar-refractivity contribution in [2.24, 2.45) is 5.92 Å². The van der Waals surface area contributed by atoms with Crippen LogP contribution < -0.4 is 0 Å². The molecule has 1 saturated carbocycles. The number of ketones is 1. The lowest BCUT2D eigenvalue weighted by Gasteiger charge is -2.28. The first-order valence-corrected chi connectivity index (χ1v) is 12.5. The van der Waals surface area contributed by atoms with Gasteiger partial charge in [-0.25, -0.2) is 0 Å². The molecule has 0 saturated heterocycles. The SMILES string of the molecule is O=C(CN(Cc1cnccn1)C(=O)c1cnn([C@H]2CC[C@H](C(=O)O)CC2)c1C(F)(F)F)c1c(Cl)cncc1Cl. The molecular formula is C24H21Cl2F3N6O4. The van der Waals surface area contributed by atoms with Gasteiger partial charge in [-0.05, 0) is 25.7 Å². The van der Waals surface area contributed by atoms with Gasteiger partial charge in [-0.1, -0.05) is 23.2 Å². The molecule has 39 heavy (non-hydrogen) atoms. The van der Waals surface area contributed by atoms with Crippen molar-refractivity contribution in [2.45, 2.75) is 44.4 Å². The number of carbonyl (C=O) groups is 3. The third-order valence-corrected chi connectivity index (χ3v) is 6.98. The normalized spacial score (nSPS) is 17.6. The molecule has 1 aliphatic carbocycles. The lowest BCUT2D eigenvalue weighted by atomic mass is 9.86. The Morgan fingerprint density at radius 3 is 2.23 bits per heavy atom. The molecule has 1 amide bonds. The number of pyridine rings is 1. The van der Waals surface area contributed by atoms with Crippen molar-refractivity contribution in [1.29, 1.82) is 0 Å². The van der Waals surface area contributed by atoms with Crippen molar-refractivity contribution in [2.75, 3.05) is 6.54 Å². The molecule has 3 aromatic rings. The maximum Gasteiger partial charge on any atom is 0.433 e. The molecule has 1 N–H and O–H groups in total. The van der Waals surface area contributed by atoms with Crippen LogP contribution >= 0.6 is 23.2 Å². The Labute approximate surface area is 229 Å². The summed E-state index contributed by atoms with van der Waals surface area (Å²) in [6.45, 7) is -1.02. The van der Waals surface area contributed by atoms with Crippen molar-refractivity contribution < 1.29 is 32.7 Å². The number of carboxylic acids is 1. The second-order valence-electron chi connectivity index (χ2n) is 8.95. The molecule has 0 aliphatic heterocycles. The number of rotatable bonds is 8. The number of carbonyl (C=O) groups excluding carboxylic acids is 2. The molecule has 3 heterocycles. The number of nitrogens with zero attached hydrogens (tertiary/aromatic N) is 6. The summed E-state index contributed by atoms with van der Waals surface area (Å²) in [7, 11) is 0. The molecule has 0 bridgehead atoms. The van der Waals surface area contributed by atoms with Gasteiger partial charge in [0, 0.05) is 24.8 Å². The minimum absolute atomic E-state index is 0.0832. The van der Waals surface area contributed by atoms with E-state index in [2.05, 4.69) is 20.1 Å². The molecule has 0 spiro atoms. The molecule has 4 rings (SSSR count). The topological polar surface area (TPSA) is 131 Å². The van der Waals surface area contributed by atoms with Crippen LogP contribution in [0.2, 0.25) is 10.0 Å². The Morgan fingerprint density at radius 2 is 1.67 bits per heavy atom. The largest absolute Gasteiger partial charge is 0.481 e. The molecule has 0 unspecified atom stereocenters. The highest BCUT2D eigenvalue weighted by Crippen LogP contribution is 2.39. The number of Topliss-reactive ketones (excluding diaryl/α,β-unsaturated/α-hetero) is 1. The van der Waals surface area contributed by atoms with Gasteiger partial charge in [0.1, 0.15) is 0 Å². The zero-order chi connectivity index (χ0) is 28.3. The number of aromatic nitrogens is 5. The molecule has 3 aromatic heterocycles. The number of hydrogen-bond acceptors (Lipinski definition) is 7. The first kappa shape index (κ1) is 28.4. The van der Waals surface area contributed by atoms with Crippen LogP contribution in [0, 0.1) is 5.92 Å². The van der Waals surface area contributed by atoms with Gasteiger partial charge >= 0.3 is 12.1 Å². The average Bonchev–Trinajstić information content (AvgIpc) is 3.34. The van der Waals surface area contributed by atoms with Crippen molar-refractivity contribution in [3.8, 4) is 0 Å². The van der Waals surface area contributed by atoms with E-state index in [0.717, 1.165) is 15.8 Å². The van der Waals surface area contributed by atoms with Gasteiger partial charge in [-0.15, -0.1) is 0 Å². The van der Waals surface area contributed by atoms with E-state index in [9.17, 15) is 32.7 Å². The Hall–Kier alpha value is -3.58. The number of aliphatic carboxylic acids is 1. The second-order valence-corrected chi connectivity index (χ2v) is 9.77. The van der Waals surface area contributed by atoms with Crippen LogP contribution in [0.15, 0.2) is 37.2 Å². The van der Waals surface area contributed by atoms with Crippen molar-refractivity contribution >= 4 is 40.9 Å². The van der Waals surface area contributed by atoms with Gasteiger partial charge in [-0.2, -0.15) is 18.3 Å². The maximum absolute atomic E-state index is 14.3. The van der Waals surface area contributed by atoms with E-state index in [0.29, 0.717) is 0 Å². The number of amides is 1. The quantitative estimate of drug-likeness (QED) is 0.376. The Morgan fingerprint density at radius 1 is 1.00 bits per heavy atom. The van der Waals surface area contributed by atoms with E-state index in [-0.39, 0.29) is 53.5 Å². The first-order valence-electron chi connectivity index (χ1n) is 11.7. The van der Waals surface area contributed by atoms with Crippen molar-refractivity contribution in [3.63, 3.8) is 0 Å². The highest BCUT2D eigenvalue weighted by molar-refractivity contribution is 6.39. The smallest absolute Gasteiger partial charge is 0.433 e. The zero-order valence-corrected chi connectivity index (χ0v) is 21.6. The third kappa shape index (κ3) is 6.36. The van der Waals surface area contributed by atoms with Crippen LogP contribution in [0.3, 0.4) is 0 Å². The first-order chi connectivity index (χ1) is 18.5. The van der Waals surface area contributed by atoms with Gasteiger partial charge in [0.05, 0.1) is 64.3 Å². The molecule has 206 valence electrons. The highest BCUT2D eigenvalue weighted by Gasteiger charge is 2.43. The lowest BCUT2D eigenvalue weighted by Crippen LogP contribution is -2.37. The number of alkyl halides is 3. The minimum atomic E-state index is -4.97. The second kappa shape index (κ2) is 11.7. The minimum Gasteiger partial charge on any atom is -0.481 e. The summed E-state index contributed by atoms with van der Waals surface area (Å²) >= 11 is 12.2. The number of halogens is 5. The predicted molar refractivity (Wildman–Crippen MR) is 131 cm³/mol. The standard InChI is InChI=1S/C24H21Cl2F3N6O4/c25-17-9-31-10-18(26)20(17)19(36)12-34(11-14-7-30-5-6-32-14)22(37)16-8-33-35(21(16)24(27,28)29)15-3-1-13(2-4-15)23(38)39/h5-10,13,15H,1-4,11-12H2,(H,38,39)/t13-,15-. The summed E-state index contributed by atoms with van der Waals surface area (Å²) < 4.78 is 43.7. The van der Waals surface area contributed by atoms with Crippen molar-refractivity contribution in [1.82, 2.24) is 29.6 Å². The average molecular weight is 585 g/mol. The fourth-order valence-electron chi connectivity index (χ4n) is 4.55. The van der Waals surface area contributed by atoms with Gasteiger partial charge in [-0.3, -0.25) is 34.0 Å². The van der Waals surface area contributed by atoms with E-state index in [4.69, 9.17) is 23.2 Å². The molecule has 0 aromatic carbocycles. The van der Waals surface area contributed by atoms with Gasteiger partial charge in [0.2, 0.25) is 0 Å². The lowest BCUT2D eigenvalue weighted by molar-refractivity contribution is -0.147. The van der Waals surface area contributed by atoms with Crippen molar-refractivity contribution in [3.05, 3.63) is 69.7 Å². The third-order valence-electron chi connectivity index (χ3n) is 6.41. The monoisotopic (exact) mass is 584 g/mol. The van der Waals surface area contributed by atoms with Gasteiger partial charge < -0.3 is 10.0 Å². The fourth-order valence-corrected chi connectivity index (χ4v) is 5.13. The zero-order valence-electron chi connectivity index (χ0n) is 20.1. The molecule has 0 atom stereocenters. The van der Waals surface area contributed by atoms with Crippen LogP contribution in [0.5, 0.6) is 0 Å². The molecule has 15 heteroatoms. The summed E-state index contributed by atoms with van der Waals surface area (Å²) in [4.78, 5) is 50.6. The summed E-state index contributed by atoms with van der Waals surface area (Å²) in [5, 5.41) is 12.9. The molecular weight excluding hydrogens is 564 g/mol. The number of hydrogen-bond donors (Lipinski definition) is 1. The Bertz CT molecular complexity index is 1360. The van der Waals surface area contributed by atoms with E-state index >= 15 is 0 Å². The van der Waals surface area contributed by atoms with Crippen LogP contribution in [0.25, 0.3) is 0 Å². The van der Waals surface area contributed by atoms with Crippen LogP contribution in [-0.2, 0) is 17.5 Å². The fraction of sp³-hybridized carbons (Fsp3) is 0.375. The van der Waals surface area contributed by atoms with Crippen LogP contribution in [-0.4, -0.2) is 58.9 Å². The molecule has 1 aliphatic rings. The summed E-state index contributed by atoms with van der Waals surface area (Å²) in [6.07, 6.45) is 2.90. The highest BCUT2D eigenvalue weighted by atomic mass is 35.5. The summed E-state index contributed by atoms with van der Waals surface area (Å²) in [5.74, 6) is -3.49. The maximum atomic E-state index is 14.3. The molecule has 10 nitrogen and oxygen atoms in total.